The molecule has 2 N–H and O–H groups in total. The Labute approximate surface area is 162 Å². The van der Waals surface area contributed by atoms with Gasteiger partial charge in [-0.15, -0.1) is 0 Å². The van der Waals surface area contributed by atoms with Crippen molar-refractivity contribution in [2.24, 2.45) is 11.8 Å². The number of benzene rings is 1. The van der Waals surface area contributed by atoms with Crippen molar-refractivity contribution in [3.63, 3.8) is 0 Å². The van der Waals surface area contributed by atoms with E-state index in [9.17, 15) is 4.79 Å². The minimum Gasteiger partial charge on any atom is -0.465 e. The highest BCUT2D eigenvalue weighted by Crippen LogP contribution is 2.21. The number of ether oxygens (including phenoxy) is 1. The highest BCUT2D eigenvalue weighted by molar-refractivity contribution is 7.80. The van der Waals surface area contributed by atoms with E-state index < -0.39 is 0 Å². The van der Waals surface area contributed by atoms with Gasteiger partial charge in [-0.05, 0) is 68.1 Å². The van der Waals surface area contributed by atoms with Crippen molar-refractivity contribution < 1.29 is 9.53 Å². The summed E-state index contributed by atoms with van der Waals surface area (Å²) in [5.41, 5.74) is 2.21. The molecule has 0 spiro atoms. The second-order valence-electron chi connectivity index (χ2n) is 7.41. The SMILES string of the molecule is COC(=O)c1cccc(NC(=S)NCCCN2C[C@H](C)C[C@H](C)C2)c1C. The number of hydrogen-bond donors (Lipinski definition) is 2. The quantitative estimate of drug-likeness (QED) is 0.450. The van der Waals surface area contributed by atoms with Gasteiger partial charge in [0, 0.05) is 25.3 Å². The lowest BCUT2D eigenvalue weighted by molar-refractivity contribution is 0.0600. The number of nitrogens with one attached hydrogen (secondary N) is 2. The minimum atomic E-state index is -0.338. The second kappa shape index (κ2) is 9.88. The number of thiocarbonyl (C=S) groups is 1. The predicted octanol–water partition coefficient (Wildman–Crippen LogP) is 3.44. The molecular formula is C20H31N3O2S. The van der Waals surface area contributed by atoms with Crippen LogP contribution in [0.15, 0.2) is 18.2 Å². The zero-order valence-corrected chi connectivity index (χ0v) is 17.1. The van der Waals surface area contributed by atoms with E-state index in [2.05, 4.69) is 29.4 Å². The van der Waals surface area contributed by atoms with Crippen LogP contribution in [-0.2, 0) is 4.74 Å². The first-order valence-electron chi connectivity index (χ1n) is 9.35. The molecule has 26 heavy (non-hydrogen) atoms. The Morgan fingerprint density at radius 3 is 2.65 bits per heavy atom. The molecule has 1 aliphatic rings. The summed E-state index contributed by atoms with van der Waals surface area (Å²) in [5.74, 6) is 1.24. The van der Waals surface area contributed by atoms with Crippen molar-refractivity contribution in [3.8, 4) is 0 Å². The molecular weight excluding hydrogens is 346 g/mol. The molecule has 6 heteroatoms. The van der Waals surface area contributed by atoms with Crippen molar-refractivity contribution in [2.45, 2.75) is 33.6 Å². The Morgan fingerprint density at radius 1 is 1.31 bits per heavy atom. The van der Waals surface area contributed by atoms with Crippen LogP contribution in [0, 0.1) is 18.8 Å². The third-order valence-corrected chi connectivity index (χ3v) is 5.11. The van der Waals surface area contributed by atoms with Crippen molar-refractivity contribution in [3.05, 3.63) is 29.3 Å². The van der Waals surface area contributed by atoms with Gasteiger partial charge in [-0.1, -0.05) is 19.9 Å². The molecule has 1 saturated heterocycles. The number of carbonyl (C=O) groups is 1. The van der Waals surface area contributed by atoms with E-state index in [0.717, 1.165) is 42.6 Å². The van der Waals surface area contributed by atoms with Gasteiger partial charge < -0.3 is 20.3 Å². The highest BCUT2D eigenvalue weighted by Gasteiger charge is 2.21. The van der Waals surface area contributed by atoms with Gasteiger partial charge in [-0.25, -0.2) is 4.79 Å². The van der Waals surface area contributed by atoms with Crippen LogP contribution >= 0.6 is 12.2 Å². The maximum atomic E-state index is 11.8. The first-order chi connectivity index (χ1) is 12.4. The van der Waals surface area contributed by atoms with Crippen LogP contribution in [0.5, 0.6) is 0 Å². The monoisotopic (exact) mass is 377 g/mol. The predicted molar refractivity (Wildman–Crippen MR) is 111 cm³/mol. The summed E-state index contributed by atoms with van der Waals surface area (Å²) in [6.45, 7) is 10.9. The third-order valence-electron chi connectivity index (χ3n) is 4.87. The average Bonchev–Trinajstić information content (AvgIpc) is 2.59. The summed E-state index contributed by atoms with van der Waals surface area (Å²) >= 11 is 5.39. The molecule has 2 atom stereocenters. The lowest BCUT2D eigenvalue weighted by atomic mass is 9.92. The van der Waals surface area contributed by atoms with E-state index >= 15 is 0 Å². The van der Waals surface area contributed by atoms with Gasteiger partial charge in [0.1, 0.15) is 0 Å². The minimum absolute atomic E-state index is 0.338. The molecule has 5 nitrogen and oxygen atoms in total. The van der Waals surface area contributed by atoms with Gasteiger partial charge in [0.25, 0.3) is 0 Å². The molecule has 1 aromatic carbocycles. The Hall–Kier alpha value is -1.66. The molecule has 1 fully saturated rings. The molecule has 0 bridgehead atoms. The Morgan fingerprint density at radius 2 is 2.00 bits per heavy atom. The Kier molecular flexibility index (Phi) is 7.85. The Balaban J connectivity index is 1.76. The molecule has 0 aliphatic carbocycles. The molecule has 144 valence electrons. The zero-order chi connectivity index (χ0) is 19.1. The standard InChI is InChI=1S/C20H31N3O2S/c1-14-11-15(2)13-23(12-14)10-6-9-21-20(26)22-18-8-5-7-17(16(18)3)19(24)25-4/h5,7-8,14-15H,6,9-13H2,1-4H3,(H2,21,22,26)/t14-,15+. The van der Waals surface area contributed by atoms with Crippen molar-refractivity contribution in [2.75, 3.05) is 38.6 Å². The number of likely N-dealkylation sites (tertiary alicyclic amines) is 1. The fourth-order valence-corrected chi connectivity index (χ4v) is 3.96. The number of rotatable bonds is 6. The van der Waals surface area contributed by atoms with Crippen molar-refractivity contribution >= 4 is 29.0 Å². The molecule has 2 rings (SSSR count). The number of esters is 1. The summed E-state index contributed by atoms with van der Waals surface area (Å²) in [7, 11) is 1.39. The number of carbonyl (C=O) groups excluding carboxylic acids is 1. The van der Waals surface area contributed by atoms with Gasteiger partial charge in [-0.3, -0.25) is 0 Å². The summed E-state index contributed by atoms with van der Waals surface area (Å²) in [6, 6.07) is 5.48. The van der Waals surface area contributed by atoms with Crippen LogP contribution < -0.4 is 10.6 Å². The van der Waals surface area contributed by atoms with Crippen LogP contribution in [0.2, 0.25) is 0 Å². The molecule has 1 aromatic rings. The zero-order valence-electron chi connectivity index (χ0n) is 16.3. The summed E-state index contributed by atoms with van der Waals surface area (Å²) in [6.07, 6.45) is 2.40. The summed E-state index contributed by atoms with van der Waals surface area (Å²) < 4.78 is 4.81. The van der Waals surface area contributed by atoms with E-state index in [4.69, 9.17) is 17.0 Å². The fourth-order valence-electron chi connectivity index (χ4n) is 3.75. The fraction of sp³-hybridized carbons (Fsp3) is 0.600. The van der Waals surface area contributed by atoms with Gasteiger partial charge in [0.15, 0.2) is 5.11 Å². The number of hydrogen-bond acceptors (Lipinski definition) is 4. The first kappa shape index (κ1) is 20.6. The van der Waals surface area contributed by atoms with Crippen molar-refractivity contribution in [1.29, 1.82) is 0 Å². The third kappa shape index (κ3) is 5.95. The highest BCUT2D eigenvalue weighted by atomic mass is 32.1. The van der Waals surface area contributed by atoms with Crippen LogP contribution in [0.4, 0.5) is 5.69 Å². The molecule has 0 unspecified atom stereocenters. The van der Waals surface area contributed by atoms with Crippen LogP contribution in [-0.4, -0.2) is 49.3 Å². The first-order valence-corrected chi connectivity index (χ1v) is 9.76. The average molecular weight is 378 g/mol. The molecule has 0 saturated carbocycles. The summed E-state index contributed by atoms with van der Waals surface area (Å²) in [4.78, 5) is 14.3. The van der Waals surface area contributed by atoms with E-state index in [1.165, 1.54) is 26.6 Å². The van der Waals surface area contributed by atoms with E-state index in [0.29, 0.717) is 10.7 Å². The van der Waals surface area contributed by atoms with E-state index in [1.807, 2.05) is 19.1 Å². The topological polar surface area (TPSA) is 53.6 Å². The second-order valence-corrected chi connectivity index (χ2v) is 7.82. The van der Waals surface area contributed by atoms with Crippen LogP contribution in [0.25, 0.3) is 0 Å². The smallest absolute Gasteiger partial charge is 0.338 e. The normalized spacial score (nSPS) is 20.5. The van der Waals surface area contributed by atoms with Crippen molar-refractivity contribution in [1.82, 2.24) is 10.2 Å². The lowest BCUT2D eigenvalue weighted by Crippen LogP contribution is -2.40. The van der Waals surface area contributed by atoms with Gasteiger partial charge in [-0.2, -0.15) is 0 Å². The van der Waals surface area contributed by atoms with Gasteiger partial charge in [0.2, 0.25) is 0 Å². The molecule has 0 radical (unpaired) electrons. The van der Waals surface area contributed by atoms with Gasteiger partial charge in [0.05, 0.1) is 12.7 Å². The maximum absolute atomic E-state index is 11.8. The molecule has 0 aromatic heterocycles. The maximum Gasteiger partial charge on any atom is 0.338 e. The van der Waals surface area contributed by atoms with E-state index in [1.54, 1.807) is 6.07 Å². The van der Waals surface area contributed by atoms with Crippen LogP contribution in [0.1, 0.15) is 42.6 Å². The largest absolute Gasteiger partial charge is 0.465 e. The van der Waals surface area contributed by atoms with E-state index in [-0.39, 0.29) is 5.97 Å². The number of nitrogens with zero attached hydrogens (tertiary/aromatic N) is 1. The molecule has 0 amide bonds. The number of anilines is 1. The number of piperidine rings is 1. The Bertz CT molecular complexity index is 625. The molecule has 1 heterocycles. The molecule has 1 aliphatic heterocycles. The van der Waals surface area contributed by atoms with Gasteiger partial charge >= 0.3 is 5.97 Å². The lowest BCUT2D eigenvalue weighted by Gasteiger charge is -2.35. The number of methoxy groups -OCH3 is 1. The summed E-state index contributed by atoms with van der Waals surface area (Å²) in [5, 5.41) is 7.02. The van der Waals surface area contributed by atoms with Crippen LogP contribution in [0.3, 0.4) is 0 Å².